The molecule has 0 amide bonds. The predicted octanol–water partition coefficient (Wildman–Crippen LogP) is 1.53. The predicted molar refractivity (Wildman–Crippen MR) is 38.7 cm³/mol. The third-order valence-electron chi connectivity index (χ3n) is 1.50. The fourth-order valence-corrected chi connectivity index (χ4v) is 1.44. The van der Waals surface area contributed by atoms with Crippen molar-refractivity contribution in [1.82, 2.24) is 0 Å². The number of rotatable bonds is 2. The lowest BCUT2D eigenvalue weighted by Gasteiger charge is -2.08. The van der Waals surface area contributed by atoms with Crippen LogP contribution < -0.4 is 0 Å². The molecular weight excluding hydrogens is 184 g/mol. The number of hydrogen-bond acceptors (Lipinski definition) is 2. The molecule has 1 saturated heterocycles. The molecule has 0 spiro atoms. The van der Waals surface area contributed by atoms with Gasteiger partial charge >= 0.3 is 0 Å². The minimum atomic E-state index is 0.0487. The van der Waals surface area contributed by atoms with Crippen molar-refractivity contribution in [2.24, 2.45) is 0 Å². The van der Waals surface area contributed by atoms with Crippen LogP contribution in [0.25, 0.3) is 0 Å². The van der Waals surface area contributed by atoms with E-state index in [4.69, 9.17) is 9.47 Å². The van der Waals surface area contributed by atoms with Crippen LogP contribution in [-0.2, 0) is 9.47 Å². The molecule has 9 heavy (non-hydrogen) atoms. The van der Waals surface area contributed by atoms with E-state index in [1.54, 1.807) is 7.11 Å². The van der Waals surface area contributed by atoms with Crippen molar-refractivity contribution >= 4 is 15.9 Å². The summed E-state index contributed by atoms with van der Waals surface area (Å²) in [6.45, 7) is 0. The Morgan fingerprint density at radius 1 is 1.67 bits per heavy atom. The highest BCUT2D eigenvalue weighted by molar-refractivity contribution is 9.09. The van der Waals surface area contributed by atoms with Gasteiger partial charge in [-0.25, -0.2) is 0 Å². The van der Waals surface area contributed by atoms with Crippen molar-refractivity contribution in [3.8, 4) is 0 Å². The van der Waals surface area contributed by atoms with E-state index in [2.05, 4.69) is 15.9 Å². The monoisotopic (exact) mass is 194 g/mol. The average Bonchev–Trinajstić information content (AvgIpc) is 2.34. The van der Waals surface area contributed by atoms with E-state index in [1.807, 2.05) is 0 Å². The zero-order valence-corrected chi connectivity index (χ0v) is 7.06. The third-order valence-corrected chi connectivity index (χ3v) is 2.23. The number of alkyl halides is 1. The van der Waals surface area contributed by atoms with Crippen molar-refractivity contribution < 1.29 is 9.47 Å². The third kappa shape index (κ3) is 1.92. The van der Waals surface area contributed by atoms with Crippen LogP contribution in [0.3, 0.4) is 0 Å². The molecule has 1 rings (SSSR count). The van der Waals surface area contributed by atoms with E-state index in [0.29, 0.717) is 6.10 Å². The Morgan fingerprint density at radius 2 is 2.44 bits per heavy atom. The van der Waals surface area contributed by atoms with E-state index in [9.17, 15) is 0 Å². The average molecular weight is 195 g/mol. The van der Waals surface area contributed by atoms with Crippen LogP contribution in [0, 0.1) is 0 Å². The highest BCUT2D eigenvalue weighted by Crippen LogP contribution is 2.20. The summed E-state index contributed by atoms with van der Waals surface area (Å²) >= 11 is 3.35. The molecule has 0 saturated carbocycles. The lowest BCUT2D eigenvalue weighted by Crippen LogP contribution is -2.12. The summed E-state index contributed by atoms with van der Waals surface area (Å²) in [4.78, 5) is 0. The van der Waals surface area contributed by atoms with E-state index < -0.39 is 0 Å². The summed E-state index contributed by atoms with van der Waals surface area (Å²) < 4.78 is 10.4. The molecular formula is C6H11BrO2. The van der Waals surface area contributed by atoms with Gasteiger partial charge in [-0.1, -0.05) is 15.9 Å². The minimum Gasteiger partial charge on any atom is -0.356 e. The molecule has 2 atom stereocenters. The van der Waals surface area contributed by atoms with Crippen molar-refractivity contribution in [2.75, 3.05) is 12.4 Å². The van der Waals surface area contributed by atoms with E-state index in [1.165, 1.54) is 0 Å². The molecule has 0 radical (unpaired) electrons. The first-order chi connectivity index (χ1) is 4.36. The normalized spacial score (nSPS) is 35.3. The first-order valence-corrected chi connectivity index (χ1v) is 4.23. The van der Waals surface area contributed by atoms with Crippen molar-refractivity contribution in [3.63, 3.8) is 0 Å². The molecule has 1 aliphatic rings. The molecule has 2 nitrogen and oxygen atoms in total. The van der Waals surface area contributed by atoms with Crippen molar-refractivity contribution in [3.05, 3.63) is 0 Å². The summed E-state index contributed by atoms with van der Waals surface area (Å²) in [5.41, 5.74) is 0. The minimum absolute atomic E-state index is 0.0487. The van der Waals surface area contributed by atoms with Gasteiger partial charge in [0.25, 0.3) is 0 Å². The van der Waals surface area contributed by atoms with Gasteiger partial charge in [-0.2, -0.15) is 0 Å². The zero-order valence-electron chi connectivity index (χ0n) is 5.47. The molecule has 0 aliphatic carbocycles. The second-order valence-corrected chi connectivity index (χ2v) is 2.80. The maximum absolute atomic E-state index is 5.39. The lowest BCUT2D eigenvalue weighted by atomic mass is 10.3. The van der Waals surface area contributed by atoms with Crippen LogP contribution in [0.2, 0.25) is 0 Å². The Balaban J connectivity index is 2.20. The molecule has 3 heteroatoms. The molecule has 0 aromatic rings. The van der Waals surface area contributed by atoms with E-state index >= 15 is 0 Å². The quantitative estimate of drug-likeness (QED) is 0.622. The Morgan fingerprint density at radius 3 is 2.78 bits per heavy atom. The second-order valence-electron chi connectivity index (χ2n) is 2.16. The first-order valence-electron chi connectivity index (χ1n) is 3.11. The molecule has 0 N–H and O–H groups in total. The van der Waals surface area contributed by atoms with Crippen LogP contribution in [-0.4, -0.2) is 24.8 Å². The van der Waals surface area contributed by atoms with Crippen LogP contribution in [0.1, 0.15) is 12.8 Å². The zero-order chi connectivity index (χ0) is 6.69. The maximum atomic E-state index is 5.39. The Bertz CT molecular complexity index is 77.1. The fourth-order valence-electron chi connectivity index (χ4n) is 0.960. The largest absolute Gasteiger partial charge is 0.356 e. The Kier molecular flexibility index (Phi) is 2.95. The second kappa shape index (κ2) is 3.54. The number of halogens is 1. The summed E-state index contributed by atoms with van der Waals surface area (Å²) in [5, 5.41) is 0.923. The first kappa shape index (κ1) is 7.51. The molecule has 1 aliphatic heterocycles. The topological polar surface area (TPSA) is 18.5 Å². The van der Waals surface area contributed by atoms with Gasteiger partial charge in [-0.15, -0.1) is 0 Å². The SMILES string of the molecule is COC1CCC(CBr)O1. The van der Waals surface area contributed by atoms with Gasteiger partial charge in [-0.05, 0) is 6.42 Å². The van der Waals surface area contributed by atoms with Gasteiger partial charge in [0.05, 0.1) is 6.10 Å². The molecule has 1 heterocycles. The standard InChI is InChI=1S/C6H11BrO2/c1-8-6-3-2-5(4-7)9-6/h5-6H,2-4H2,1H3. The molecule has 0 bridgehead atoms. The smallest absolute Gasteiger partial charge is 0.157 e. The fraction of sp³-hybridized carbons (Fsp3) is 1.00. The summed E-state index contributed by atoms with van der Waals surface area (Å²) in [7, 11) is 1.68. The number of ether oxygens (including phenoxy) is 2. The van der Waals surface area contributed by atoms with Crippen LogP contribution in [0.5, 0.6) is 0 Å². The van der Waals surface area contributed by atoms with Gasteiger partial charge < -0.3 is 9.47 Å². The highest BCUT2D eigenvalue weighted by Gasteiger charge is 2.23. The van der Waals surface area contributed by atoms with Crippen molar-refractivity contribution in [1.29, 1.82) is 0 Å². The van der Waals surface area contributed by atoms with E-state index in [0.717, 1.165) is 18.2 Å². The maximum Gasteiger partial charge on any atom is 0.157 e. The van der Waals surface area contributed by atoms with Gasteiger partial charge in [-0.3, -0.25) is 0 Å². The summed E-state index contributed by atoms with van der Waals surface area (Å²) in [6.07, 6.45) is 2.57. The highest BCUT2D eigenvalue weighted by atomic mass is 79.9. The van der Waals surface area contributed by atoms with Crippen LogP contribution in [0.4, 0.5) is 0 Å². The van der Waals surface area contributed by atoms with Crippen LogP contribution in [0.15, 0.2) is 0 Å². The molecule has 0 aromatic carbocycles. The summed E-state index contributed by atoms with van der Waals surface area (Å²) in [6, 6.07) is 0. The lowest BCUT2D eigenvalue weighted by molar-refractivity contribution is -0.108. The molecule has 1 fully saturated rings. The Hall–Kier alpha value is 0.400. The van der Waals surface area contributed by atoms with Crippen LogP contribution >= 0.6 is 15.9 Å². The number of methoxy groups -OCH3 is 1. The van der Waals surface area contributed by atoms with E-state index in [-0.39, 0.29) is 6.29 Å². The van der Waals surface area contributed by atoms with Gasteiger partial charge in [0.1, 0.15) is 0 Å². The van der Waals surface area contributed by atoms with Gasteiger partial charge in [0.15, 0.2) is 6.29 Å². The molecule has 54 valence electrons. The van der Waals surface area contributed by atoms with Gasteiger partial charge in [0.2, 0.25) is 0 Å². The molecule has 0 aromatic heterocycles. The summed E-state index contributed by atoms with van der Waals surface area (Å²) in [5.74, 6) is 0. The van der Waals surface area contributed by atoms with Gasteiger partial charge in [0, 0.05) is 18.9 Å². The Labute approximate surface area is 63.7 Å². The molecule has 2 unspecified atom stereocenters. The van der Waals surface area contributed by atoms with Crippen molar-refractivity contribution in [2.45, 2.75) is 25.2 Å². The number of hydrogen-bond donors (Lipinski definition) is 0.